The maximum Gasteiger partial charge on any atom is 0.0107 e. The minimum absolute atomic E-state index is 0.899. The summed E-state index contributed by atoms with van der Waals surface area (Å²) in [6, 6.07) is 0. The van der Waals surface area contributed by atoms with Gasteiger partial charge in [0, 0.05) is 32.7 Å². The highest BCUT2D eigenvalue weighted by Gasteiger charge is 2.17. The van der Waals surface area contributed by atoms with Gasteiger partial charge >= 0.3 is 0 Å². The van der Waals surface area contributed by atoms with E-state index in [4.69, 9.17) is 0 Å². The van der Waals surface area contributed by atoms with E-state index in [1.807, 2.05) is 0 Å². The Morgan fingerprint density at radius 1 is 1.00 bits per heavy atom. The van der Waals surface area contributed by atoms with Crippen LogP contribution in [0, 0.1) is 5.92 Å². The summed E-state index contributed by atoms with van der Waals surface area (Å²) in [7, 11) is 0. The molecule has 14 heavy (non-hydrogen) atoms. The van der Waals surface area contributed by atoms with Crippen LogP contribution in [0.1, 0.15) is 19.3 Å². The third kappa shape index (κ3) is 3.23. The van der Waals surface area contributed by atoms with Gasteiger partial charge in [-0.1, -0.05) is 6.42 Å². The molecule has 3 heteroatoms. The van der Waals surface area contributed by atoms with Crippen LogP contribution in [0.3, 0.4) is 0 Å². The van der Waals surface area contributed by atoms with Crippen molar-refractivity contribution in [1.82, 2.24) is 15.5 Å². The van der Waals surface area contributed by atoms with Crippen LogP contribution >= 0.6 is 0 Å². The van der Waals surface area contributed by atoms with Crippen LogP contribution < -0.4 is 10.6 Å². The highest BCUT2D eigenvalue weighted by Crippen LogP contribution is 2.12. The molecule has 2 aliphatic heterocycles. The van der Waals surface area contributed by atoms with E-state index in [1.54, 1.807) is 0 Å². The van der Waals surface area contributed by atoms with Crippen molar-refractivity contribution in [2.45, 2.75) is 19.3 Å². The van der Waals surface area contributed by atoms with Gasteiger partial charge in [0.15, 0.2) is 0 Å². The fraction of sp³-hybridized carbons (Fsp3) is 1.00. The minimum atomic E-state index is 0.899. The SMILES string of the molecule is C1CCC(CN2CCNCC2)CNC1. The third-order valence-electron chi connectivity index (χ3n) is 3.37. The lowest BCUT2D eigenvalue weighted by atomic mass is 10.0. The molecule has 3 nitrogen and oxygen atoms in total. The molecule has 2 heterocycles. The number of hydrogen-bond acceptors (Lipinski definition) is 3. The first-order valence-electron chi connectivity index (χ1n) is 6.09. The zero-order valence-electron chi connectivity index (χ0n) is 9.10. The molecule has 1 unspecified atom stereocenters. The molecule has 0 aromatic carbocycles. The van der Waals surface area contributed by atoms with E-state index in [9.17, 15) is 0 Å². The van der Waals surface area contributed by atoms with Gasteiger partial charge in [-0.2, -0.15) is 0 Å². The molecule has 2 fully saturated rings. The molecule has 2 rings (SSSR count). The molecular weight excluding hydrogens is 174 g/mol. The summed E-state index contributed by atoms with van der Waals surface area (Å²) in [5.41, 5.74) is 0. The summed E-state index contributed by atoms with van der Waals surface area (Å²) in [6.07, 6.45) is 4.22. The lowest BCUT2D eigenvalue weighted by Crippen LogP contribution is -2.46. The molecule has 0 aromatic heterocycles. The average molecular weight is 197 g/mol. The van der Waals surface area contributed by atoms with Gasteiger partial charge < -0.3 is 15.5 Å². The average Bonchev–Trinajstić information content (AvgIpc) is 2.48. The van der Waals surface area contributed by atoms with Gasteiger partial charge in [0.05, 0.1) is 0 Å². The second-order valence-corrected chi connectivity index (χ2v) is 4.62. The van der Waals surface area contributed by atoms with Gasteiger partial charge in [0.2, 0.25) is 0 Å². The van der Waals surface area contributed by atoms with Crippen molar-refractivity contribution in [1.29, 1.82) is 0 Å². The number of hydrogen-bond donors (Lipinski definition) is 2. The zero-order valence-corrected chi connectivity index (χ0v) is 9.10. The number of piperazine rings is 1. The summed E-state index contributed by atoms with van der Waals surface area (Å²) < 4.78 is 0. The standard InChI is InChI=1S/C11H23N3/c1-2-4-13-9-11(3-1)10-14-7-5-12-6-8-14/h11-13H,1-10H2. The van der Waals surface area contributed by atoms with Gasteiger partial charge in [-0.3, -0.25) is 0 Å². The molecule has 2 aliphatic rings. The zero-order chi connectivity index (χ0) is 9.64. The Morgan fingerprint density at radius 2 is 1.86 bits per heavy atom. The molecule has 0 amide bonds. The van der Waals surface area contributed by atoms with Crippen LogP contribution in [0.25, 0.3) is 0 Å². The Morgan fingerprint density at radius 3 is 2.71 bits per heavy atom. The van der Waals surface area contributed by atoms with Crippen molar-refractivity contribution in [2.24, 2.45) is 5.92 Å². The van der Waals surface area contributed by atoms with Crippen LogP contribution in [0.4, 0.5) is 0 Å². The first-order valence-corrected chi connectivity index (χ1v) is 6.09. The summed E-state index contributed by atoms with van der Waals surface area (Å²) in [5, 5.41) is 6.95. The smallest absolute Gasteiger partial charge is 0.0107 e. The van der Waals surface area contributed by atoms with Crippen molar-refractivity contribution in [3.63, 3.8) is 0 Å². The number of nitrogens with zero attached hydrogens (tertiary/aromatic N) is 1. The monoisotopic (exact) mass is 197 g/mol. The van der Waals surface area contributed by atoms with Gasteiger partial charge in [0.25, 0.3) is 0 Å². The van der Waals surface area contributed by atoms with Gasteiger partial charge in [-0.05, 0) is 31.8 Å². The Kier molecular flexibility index (Phi) is 4.22. The first kappa shape index (κ1) is 10.4. The minimum Gasteiger partial charge on any atom is -0.316 e. The van der Waals surface area contributed by atoms with E-state index in [1.165, 1.54) is 65.1 Å². The lowest BCUT2D eigenvalue weighted by molar-refractivity contribution is 0.201. The van der Waals surface area contributed by atoms with Crippen LogP contribution in [-0.4, -0.2) is 50.7 Å². The third-order valence-corrected chi connectivity index (χ3v) is 3.37. The highest BCUT2D eigenvalue weighted by molar-refractivity contribution is 4.74. The topological polar surface area (TPSA) is 27.3 Å². The molecule has 0 aliphatic carbocycles. The van der Waals surface area contributed by atoms with Gasteiger partial charge in [-0.15, -0.1) is 0 Å². The van der Waals surface area contributed by atoms with E-state index < -0.39 is 0 Å². The van der Waals surface area contributed by atoms with E-state index in [2.05, 4.69) is 15.5 Å². The van der Waals surface area contributed by atoms with Gasteiger partial charge in [-0.25, -0.2) is 0 Å². The normalized spacial score (nSPS) is 31.3. The Balaban J connectivity index is 1.71. The molecule has 0 spiro atoms. The maximum absolute atomic E-state index is 3.54. The van der Waals surface area contributed by atoms with E-state index in [0.717, 1.165) is 5.92 Å². The van der Waals surface area contributed by atoms with Crippen molar-refractivity contribution in [3.05, 3.63) is 0 Å². The second-order valence-electron chi connectivity index (χ2n) is 4.62. The van der Waals surface area contributed by atoms with E-state index >= 15 is 0 Å². The van der Waals surface area contributed by atoms with Gasteiger partial charge in [0.1, 0.15) is 0 Å². The molecule has 0 radical (unpaired) electrons. The quantitative estimate of drug-likeness (QED) is 0.666. The van der Waals surface area contributed by atoms with Crippen LogP contribution in [0.15, 0.2) is 0 Å². The predicted octanol–water partition coefficient (Wildman–Crippen LogP) is 0.281. The van der Waals surface area contributed by atoms with E-state index in [-0.39, 0.29) is 0 Å². The summed E-state index contributed by atoms with van der Waals surface area (Å²) in [6.45, 7) is 8.64. The summed E-state index contributed by atoms with van der Waals surface area (Å²) in [5.74, 6) is 0.899. The molecule has 1 atom stereocenters. The number of nitrogens with one attached hydrogen (secondary N) is 2. The van der Waals surface area contributed by atoms with Crippen molar-refractivity contribution in [2.75, 3.05) is 45.8 Å². The Bertz CT molecular complexity index is 147. The summed E-state index contributed by atoms with van der Waals surface area (Å²) >= 11 is 0. The second kappa shape index (κ2) is 5.69. The molecule has 0 saturated carbocycles. The molecule has 2 saturated heterocycles. The molecular formula is C11H23N3. The van der Waals surface area contributed by atoms with Crippen LogP contribution in [0.2, 0.25) is 0 Å². The van der Waals surface area contributed by atoms with Crippen LogP contribution in [-0.2, 0) is 0 Å². The van der Waals surface area contributed by atoms with E-state index in [0.29, 0.717) is 0 Å². The Labute approximate surface area is 87.2 Å². The van der Waals surface area contributed by atoms with Crippen molar-refractivity contribution < 1.29 is 0 Å². The lowest BCUT2D eigenvalue weighted by Gasteiger charge is -2.30. The molecule has 0 bridgehead atoms. The molecule has 0 aromatic rings. The fourth-order valence-corrected chi connectivity index (χ4v) is 2.51. The molecule has 2 N–H and O–H groups in total. The van der Waals surface area contributed by atoms with Crippen molar-refractivity contribution in [3.8, 4) is 0 Å². The summed E-state index contributed by atoms with van der Waals surface area (Å²) in [4.78, 5) is 2.62. The highest BCUT2D eigenvalue weighted by atomic mass is 15.2. The number of rotatable bonds is 2. The Hall–Kier alpha value is -0.120. The first-order chi connectivity index (χ1) is 6.95. The van der Waals surface area contributed by atoms with Crippen LogP contribution in [0.5, 0.6) is 0 Å². The largest absolute Gasteiger partial charge is 0.316 e. The predicted molar refractivity (Wildman–Crippen MR) is 59.5 cm³/mol. The maximum atomic E-state index is 3.54. The van der Waals surface area contributed by atoms with Crippen molar-refractivity contribution >= 4 is 0 Å². The molecule has 82 valence electrons. The fourth-order valence-electron chi connectivity index (χ4n) is 2.51.